The second kappa shape index (κ2) is 6.33. The first-order valence-electron chi connectivity index (χ1n) is 8.13. The second-order valence-electron chi connectivity index (χ2n) is 5.99. The van der Waals surface area contributed by atoms with Crippen molar-refractivity contribution in [3.63, 3.8) is 0 Å². The molecule has 0 aliphatic heterocycles. The van der Waals surface area contributed by atoms with Crippen molar-refractivity contribution in [2.75, 3.05) is 5.32 Å². The maximum absolute atomic E-state index is 10.9. The fraction of sp³-hybridized carbons (Fsp3) is 0.0500. The molecule has 4 aromatic rings. The predicted octanol–water partition coefficient (Wildman–Crippen LogP) is 4.15. The average Bonchev–Trinajstić information content (AvgIpc) is 3.04. The van der Waals surface area contributed by atoms with E-state index in [1.54, 1.807) is 28.8 Å². The molecule has 0 bridgehead atoms. The van der Waals surface area contributed by atoms with Crippen molar-refractivity contribution in [2.24, 2.45) is 0 Å². The van der Waals surface area contributed by atoms with Crippen molar-refractivity contribution >= 4 is 23.3 Å². The van der Waals surface area contributed by atoms with Crippen molar-refractivity contribution in [1.82, 2.24) is 14.6 Å². The molecule has 4 rings (SSSR count). The highest BCUT2D eigenvalue weighted by Gasteiger charge is 2.09. The van der Waals surface area contributed by atoms with Crippen molar-refractivity contribution in [3.8, 4) is 11.3 Å². The third-order valence-electron chi connectivity index (χ3n) is 4.06. The summed E-state index contributed by atoms with van der Waals surface area (Å²) in [7, 11) is 0. The van der Waals surface area contributed by atoms with Gasteiger partial charge in [-0.15, -0.1) is 5.10 Å². The molecule has 6 heteroatoms. The first-order valence-corrected chi connectivity index (χ1v) is 8.13. The molecule has 26 heavy (non-hydrogen) atoms. The van der Waals surface area contributed by atoms with Gasteiger partial charge in [-0.2, -0.15) is 4.98 Å². The van der Waals surface area contributed by atoms with Crippen LogP contribution in [0.1, 0.15) is 15.9 Å². The number of hydrogen-bond donors (Lipinski definition) is 2. The monoisotopic (exact) mass is 344 g/mol. The summed E-state index contributed by atoms with van der Waals surface area (Å²) in [5, 5.41) is 16.6. The van der Waals surface area contributed by atoms with Gasteiger partial charge < -0.3 is 10.4 Å². The molecule has 6 nitrogen and oxygen atoms in total. The summed E-state index contributed by atoms with van der Waals surface area (Å²) in [5.41, 5.74) is 4.89. The zero-order valence-electron chi connectivity index (χ0n) is 14.0. The Hall–Kier alpha value is -3.67. The van der Waals surface area contributed by atoms with Gasteiger partial charge in [-0.1, -0.05) is 29.8 Å². The molecule has 0 amide bonds. The van der Waals surface area contributed by atoms with Gasteiger partial charge in [0.05, 0.1) is 11.3 Å². The molecular formula is C20H16N4O2. The van der Waals surface area contributed by atoms with Gasteiger partial charge >= 0.3 is 5.97 Å². The van der Waals surface area contributed by atoms with Crippen LogP contribution in [0.5, 0.6) is 0 Å². The molecule has 128 valence electrons. The van der Waals surface area contributed by atoms with E-state index in [-0.39, 0.29) is 5.56 Å². The van der Waals surface area contributed by atoms with E-state index in [0.717, 1.165) is 22.6 Å². The Balaban J connectivity index is 1.69. The van der Waals surface area contributed by atoms with Crippen LogP contribution in [-0.2, 0) is 0 Å². The van der Waals surface area contributed by atoms with Crippen LogP contribution in [0.3, 0.4) is 0 Å². The molecule has 0 atom stereocenters. The van der Waals surface area contributed by atoms with Gasteiger partial charge in [0.25, 0.3) is 0 Å². The number of carboxylic acids is 1. The van der Waals surface area contributed by atoms with E-state index >= 15 is 0 Å². The van der Waals surface area contributed by atoms with Crippen molar-refractivity contribution in [2.45, 2.75) is 6.92 Å². The first-order chi connectivity index (χ1) is 12.6. The fourth-order valence-electron chi connectivity index (χ4n) is 2.81. The second-order valence-corrected chi connectivity index (χ2v) is 5.99. The lowest BCUT2D eigenvalue weighted by Gasteiger charge is -2.05. The normalized spacial score (nSPS) is 10.8. The van der Waals surface area contributed by atoms with Crippen LogP contribution in [0.15, 0.2) is 66.7 Å². The van der Waals surface area contributed by atoms with E-state index in [9.17, 15) is 4.79 Å². The molecule has 0 fully saturated rings. The summed E-state index contributed by atoms with van der Waals surface area (Å²) in [6.45, 7) is 2.05. The van der Waals surface area contributed by atoms with Crippen LogP contribution in [0.4, 0.5) is 11.6 Å². The number of carboxylic acid groups (broad SMARTS) is 1. The lowest BCUT2D eigenvalue weighted by molar-refractivity contribution is 0.0697. The summed E-state index contributed by atoms with van der Waals surface area (Å²) in [6, 6.07) is 20.5. The molecule has 2 heterocycles. The number of fused-ring (bicyclic) bond motifs is 1. The largest absolute Gasteiger partial charge is 0.478 e. The average molecular weight is 344 g/mol. The number of hydrogen-bond acceptors (Lipinski definition) is 4. The zero-order chi connectivity index (χ0) is 18.1. The Kier molecular flexibility index (Phi) is 3.85. The molecule has 0 spiro atoms. The summed E-state index contributed by atoms with van der Waals surface area (Å²) in [5.74, 6) is -0.502. The summed E-state index contributed by atoms with van der Waals surface area (Å²) in [4.78, 5) is 15.4. The van der Waals surface area contributed by atoms with Gasteiger partial charge in [-0.25, -0.2) is 9.31 Å². The summed E-state index contributed by atoms with van der Waals surface area (Å²) in [6.07, 6.45) is 0. The number of aryl methyl sites for hydroxylation is 1. The highest BCUT2D eigenvalue weighted by Crippen LogP contribution is 2.23. The minimum atomic E-state index is -0.954. The molecule has 0 radical (unpaired) electrons. The Morgan fingerprint density at radius 2 is 1.81 bits per heavy atom. The molecule has 2 aromatic carbocycles. The first kappa shape index (κ1) is 15.8. The minimum absolute atomic E-state index is 0.236. The van der Waals surface area contributed by atoms with Crippen LogP contribution in [-0.4, -0.2) is 25.7 Å². The van der Waals surface area contributed by atoms with Crippen LogP contribution in [0, 0.1) is 6.92 Å². The molecule has 2 N–H and O–H groups in total. The predicted molar refractivity (Wildman–Crippen MR) is 99.8 cm³/mol. The molecule has 0 saturated carbocycles. The van der Waals surface area contributed by atoms with Crippen molar-refractivity contribution in [3.05, 3.63) is 77.9 Å². The Bertz CT molecular complexity index is 1100. The van der Waals surface area contributed by atoms with Gasteiger partial charge in [0.2, 0.25) is 5.95 Å². The molecule has 2 aromatic heterocycles. The Labute approximate surface area is 149 Å². The van der Waals surface area contributed by atoms with Gasteiger partial charge in [0.15, 0.2) is 5.65 Å². The number of aromatic carboxylic acids is 1. The van der Waals surface area contributed by atoms with E-state index in [1.807, 2.05) is 30.3 Å². The SMILES string of the molecule is Cc1cccc(-c2cccc3nc(Nc4ccc(C(=O)O)cc4)nn23)c1. The summed E-state index contributed by atoms with van der Waals surface area (Å²) >= 11 is 0. The topological polar surface area (TPSA) is 79.5 Å². The Morgan fingerprint density at radius 3 is 2.54 bits per heavy atom. The van der Waals surface area contributed by atoms with E-state index < -0.39 is 5.97 Å². The van der Waals surface area contributed by atoms with Gasteiger partial charge in [0.1, 0.15) is 0 Å². The highest BCUT2D eigenvalue weighted by atomic mass is 16.4. The van der Waals surface area contributed by atoms with Crippen LogP contribution < -0.4 is 5.32 Å². The van der Waals surface area contributed by atoms with Gasteiger partial charge in [-0.3, -0.25) is 0 Å². The Morgan fingerprint density at radius 1 is 1.04 bits per heavy atom. The lowest BCUT2D eigenvalue weighted by atomic mass is 10.1. The van der Waals surface area contributed by atoms with E-state index in [4.69, 9.17) is 5.11 Å². The quantitative estimate of drug-likeness (QED) is 0.581. The number of nitrogens with one attached hydrogen (secondary N) is 1. The third kappa shape index (κ3) is 3.00. The van der Waals surface area contributed by atoms with Gasteiger partial charge in [-0.05, 0) is 49.4 Å². The molecular weight excluding hydrogens is 328 g/mol. The standard InChI is InChI=1S/C20H16N4O2/c1-13-4-2-5-15(12-13)17-6-3-7-18-22-20(23-24(17)18)21-16-10-8-14(9-11-16)19(25)26/h2-12H,1H3,(H,21,23)(H,25,26). The van der Waals surface area contributed by atoms with Crippen LogP contribution in [0.2, 0.25) is 0 Å². The minimum Gasteiger partial charge on any atom is -0.478 e. The van der Waals surface area contributed by atoms with Crippen LogP contribution in [0.25, 0.3) is 16.9 Å². The highest BCUT2D eigenvalue weighted by molar-refractivity contribution is 5.88. The zero-order valence-corrected chi connectivity index (χ0v) is 14.0. The maximum Gasteiger partial charge on any atom is 0.335 e. The van der Waals surface area contributed by atoms with Crippen molar-refractivity contribution in [1.29, 1.82) is 0 Å². The number of aromatic nitrogens is 3. The van der Waals surface area contributed by atoms with Crippen molar-refractivity contribution < 1.29 is 9.90 Å². The smallest absolute Gasteiger partial charge is 0.335 e. The summed E-state index contributed by atoms with van der Waals surface area (Å²) < 4.78 is 1.79. The van der Waals surface area contributed by atoms with E-state index in [2.05, 4.69) is 34.5 Å². The number of nitrogens with zero attached hydrogens (tertiary/aromatic N) is 3. The number of carbonyl (C=O) groups is 1. The van der Waals surface area contributed by atoms with Gasteiger partial charge in [0, 0.05) is 11.3 Å². The number of rotatable bonds is 4. The maximum atomic E-state index is 10.9. The fourth-order valence-corrected chi connectivity index (χ4v) is 2.81. The third-order valence-corrected chi connectivity index (χ3v) is 4.06. The number of benzene rings is 2. The lowest BCUT2D eigenvalue weighted by Crippen LogP contribution is -1.98. The van der Waals surface area contributed by atoms with E-state index in [1.165, 1.54) is 5.56 Å². The molecule has 0 unspecified atom stereocenters. The molecule has 0 aliphatic carbocycles. The van der Waals surface area contributed by atoms with Crippen LogP contribution >= 0.6 is 0 Å². The number of anilines is 2. The molecule has 0 saturated heterocycles. The van der Waals surface area contributed by atoms with E-state index in [0.29, 0.717) is 5.95 Å². The number of pyridine rings is 1. The molecule has 0 aliphatic rings.